The lowest BCUT2D eigenvalue weighted by molar-refractivity contribution is -0.134. The zero-order chi connectivity index (χ0) is 36.9. The van der Waals surface area contributed by atoms with Gasteiger partial charge in [0, 0.05) is 38.7 Å². The van der Waals surface area contributed by atoms with Crippen LogP contribution in [0.1, 0.15) is 76.1 Å². The van der Waals surface area contributed by atoms with Gasteiger partial charge in [0.25, 0.3) is 5.91 Å². The number of rotatable bonds is 11. The Labute approximate surface area is 319 Å². The summed E-state index contributed by atoms with van der Waals surface area (Å²) in [5.74, 6) is 1.91. The number of carbonyl (C=O) groups excluding carboxylic acids is 3. The van der Waals surface area contributed by atoms with Crippen molar-refractivity contribution in [1.29, 1.82) is 0 Å². The van der Waals surface area contributed by atoms with Crippen molar-refractivity contribution < 1.29 is 14.4 Å². The average Bonchev–Trinajstić information content (AvgIpc) is 3.62. The van der Waals surface area contributed by atoms with E-state index < -0.39 is 0 Å². The minimum atomic E-state index is -0.263. The maximum Gasteiger partial charge on any atom is 0.267 e. The smallest absolute Gasteiger partial charge is 0.267 e. The Balaban J connectivity index is 0.829. The topological polar surface area (TPSA) is 136 Å². The molecule has 5 heterocycles. The number of aromatic nitrogens is 3. The molecule has 0 bridgehead atoms. The summed E-state index contributed by atoms with van der Waals surface area (Å²) < 4.78 is 0. The Morgan fingerprint density at radius 1 is 0.925 bits per heavy atom. The van der Waals surface area contributed by atoms with E-state index in [0.29, 0.717) is 51.1 Å². The number of benzene rings is 2. The number of imide groups is 1. The Kier molecular flexibility index (Phi) is 11.6. The van der Waals surface area contributed by atoms with Gasteiger partial charge in [-0.05, 0) is 94.4 Å². The van der Waals surface area contributed by atoms with E-state index in [9.17, 15) is 14.4 Å². The third kappa shape index (κ3) is 9.21. The van der Waals surface area contributed by atoms with E-state index in [-0.39, 0.29) is 23.6 Å². The number of amides is 3. The molecule has 4 aromatic rings. The van der Waals surface area contributed by atoms with Gasteiger partial charge in [-0.25, -0.2) is 15.0 Å². The molecule has 12 nitrogen and oxygen atoms in total. The number of likely N-dealkylation sites (tertiary alicyclic amines) is 1. The van der Waals surface area contributed by atoms with E-state index in [4.69, 9.17) is 16.6 Å². The summed E-state index contributed by atoms with van der Waals surface area (Å²) in [5, 5.41) is 9.71. The number of piperazine rings is 1. The molecule has 3 fully saturated rings. The van der Waals surface area contributed by atoms with Crippen molar-refractivity contribution in [1.82, 2.24) is 30.1 Å². The van der Waals surface area contributed by atoms with Gasteiger partial charge in [0.2, 0.25) is 11.8 Å². The van der Waals surface area contributed by atoms with E-state index in [1.54, 1.807) is 12.3 Å². The lowest BCUT2D eigenvalue weighted by Crippen LogP contribution is -2.47. The second kappa shape index (κ2) is 16.7. The number of para-hydroxylation sites is 1. The molecule has 7 rings (SSSR count). The summed E-state index contributed by atoms with van der Waals surface area (Å²) in [6.07, 6.45) is 5.99. The van der Waals surface area contributed by atoms with Crippen molar-refractivity contribution >= 4 is 63.1 Å². The van der Waals surface area contributed by atoms with Crippen molar-refractivity contribution in [3.05, 3.63) is 87.1 Å². The van der Waals surface area contributed by atoms with Crippen LogP contribution < -0.4 is 20.9 Å². The van der Waals surface area contributed by atoms with E-state index in [0.717, 1.165) is 88.6 Å². The Bertz CT molecular complexity index is 1920. The molecule has 278 valence electrons. The predicted molar refractivity (Wildman–Crippen MR) is 210 cm³/mol. The lowest BCUT2D eigenvalue weighted by Gasteiger charge is -2.36. The molecule has 0 aliphatic carbocycles. The molecule has 3 saturated heterocycles. The van der Waals surface area contributed by atoms with Crippen LogP contribution in [0, 0.1) is 13.8 Å². The van der Waals surface area contributed by atoms with Gasteiger partial charge in [0.15, 0.2) is 5.13 Å². The van der Waals surface area contributed by atoms with Crippen molar-refractivity contribution in [2.45, 2.75) is 57.8 Å². The summed E-state index contributed by atoms with van der Waals surface area (Å²) in [5.41, 5.74) is 3.84. The minimum Gasteiger partial charge on any atom is -0.354 e. The highest BCUT2D eigenvalue weighted by atomic mass is 35.5. The molecule has 1 unspecified atom stereocenters. The summed E-state index contributed by atoms with van der Waals surface area (Å²) in [7, 11) is 0. The van der Waals surface area contributed by atoms with E-state index >= 15 is 0 Å². The Morgan fingerprint density at radius 3 is 2.36 bits per heavy atom. The number of hydrogen-bond acceptors (Lipinski definition) is 11. The summed E-state index contributed by atoms with van der Waals surface area (Å²) in [4.78, 5) is 58.3. The molecule has 3 aliphatic heterocycles. The first kappa shape index (κ1) is 36.9. The van der Waals surface area contributed by atoms with Gasteiger partial charge < -0.3 is 20.4 Å². The number of halogens is 1. The van der Waals surface area contributed by atoms with E-state index in [2.05, 4.69) is 64.9 Å². The van der Waals surface area contributed by atoms with Crippen LogP contribution in [-0.4, -0.2) is 94.8 Å². The molecule has 2 aromatic heterocycles. The molecule has 3 N–H and O–H groups in total. The normalized spacial score (nSPS) is 18.9. The third-order valence-corrected chi connectivity index (χ3v) is 11.8. The van der Waals surface area contributed by atoms with Gasteiger partial charge in [-0.1, -0.05) is 59.3 Å². The number of thiazole rings is 1. The Morgan fingerprint density at radius 2 is 1.64 bits per heavy atom. The van der Waals surface area contributed by atoms with Gasteiger partial charge in [0.1, 0.15) is 22.3 Å². The first-order valence-electron chi connectivity index (χ1n) is 18.5. The van der Waals surface area contributed by atoms with Gasteiger partial charge >= 0.3 is 0 Å². The number of carbonyl (C=O) groups is 3. The van der Waals surface area contributed by atoms with Crippen LogP contribution in [0.3, 0.4) is 0 Å². The lowest BCUT2D eigenvalue weighted by atomic mass is 9.86. The van der Waals surface area contributed by atoms with Gasteiger partial charge in [-0.15, -0.1) is 0 Å². The van der Waals surface area contributed by atoms with Crippen molar-refractivity contribution in [2.24, 2.45) is 0 Å². The molecule has 1 atom stereocenters. The number of anilines is 4. The molecule has 2 aromatic carbocycles. The van der Waals surface area contributed by atoms with Crippen LogP contribution in [0.25, 0.3) is 0 Å². The summed E-state index contributed by atoms with van der Waals surface area (Å²) >= 11 is 7.55. The number of nitrogens with zero attached hydrogens (tertiary/aromatic N) is 6. The van der Waals surface area contributed by atoms with E-state index in [1.807, 2.05) is 32.0 Å². The molecular formula is C39H46ClN9O3S. The largest absolute Gasteiger partial charge is 0.354 e. The average molecular weight is 756 g/mol. The summed E-state index contributed by atoms with van der Waals surface area (Å²) in [6.45, 7) is 12.0. The van der Waals surface area contributed by atoms with Crippen molar-refractivity contribution in [3.8, 4) is 0 Å². The highest BCUT2D eigenvalue weighted by Crippen LogP contribution is 2.32. The molecule has 0 spiro atoms. The first-order valence-corrected chi connectivity index (χ1v) is 19.7. The second-order valence-corrected chi connectivity index (χ2v) is 15.6. The fourth-order valence-electron chi connectivity index (χ4n) is 7.51. The molecular weight excluding hydrogens is 710 g/mol. The molecule has 0 saturated carbocycles. The number of nitrogens with one attached hydrogen (secondary N) is 3. The third-order valence-electron chi connectivity index (χ3n) is 10.5. The van der Waals surface area contributed by atoms with Crippen LogP contribution >= 0.6 is 22.9 Å². The Hall–Kier alpha value is -4.43. The fourth-order valence-corrected chi connectivity index (χ4v) is 8.50. The van der Waals surface area contributed by atoms with Gasteiger partial charge in [0.05, 0.1) is 22.8 Å². The van der Waals surface area contributed by atoms with E-state index in [1.165, 1.54) is 16.9 Å². The van der Waals surface area contributed by atoms with Crippen LogP contribution in [0.4, 0.5) is 22.5 Å². The second-order valence-electron chi connectivity index (χ2n) is 14.2. The molecule has 0 radical (unpaired) electrons. The van der Waals surface area contributed by atoms with Crippen LogP contribution in [0.15, 0.2) is 54.7 Å². The van der Waals surface area contributed by atoms with Gasteiger partial charge in [-0.2, -0.15) is 0 Å². The zero-order valence-corrected chi connectivity index (χ0v) is 31.8. The van der Waals surface area contributed by atoms with Gasteiger partial charge in [-0.3, -0.25) is 24.6 Å². The standard InChI is InChI=1S/C39H46ClN9O3S/c1-25-5-3-6-31(40)36(25)46-38(52)32-24-41-39(53-32)44-33-23-34(43-26(2)42-33)49-21-19-48(20-22-49)16-4-15-47-17-13-28(14-18-47)27-7-9-29(10-8-27)30-11-12-35(50)45-37(30)51/h3,5-10,23-24,28,30H,4,11-22H2,1-2H3,(H,46,52)(H,45,50,51)(H,41,42,43,44). The first-order chi connectivity index (χ1) is 25.7. The number of hydrogen-bond donors (Lipinski definition) is 3. The highest BCUT2D eigenvalue weighted by Gasteiger charge is 2.28. The van der Waals surface area contributed by atoms with Crippen LogP contribution in [-0.2, 0) is 9.59 Å². The molecule has 53 heavy (non-hydrogen) atoms. The molecule has 3 amide bonds. The molecule has 14 heteroatoms. The SMILES string of the molecule is Cc1nc(Nc2ncc(C(=O)Nc3c(C)cccc3Cl)s2)cc(N2CCN(CCCN3CCC(c4ccc(C5CCC(=O)NC5=O)cc4)CC3)CC2)n1. The number of aryl methyl sites for hydroxylation is 2. The fraction of sp³-hybridized carbons (Fsp3) is 0.436. The van der Waals surface area contributed by atoms with Crippen LogP contribution in [0.2, 0.25) is 5.02 Å². The predicted octanol–water partition coefficient (Wildman–Crippen LogP) is 6.11. The maximum absolute atomic E-state index is 12.9. The maximum atomic E-state index is 12.9. The van der Waals surface area contributed by atoms with Crippen molar-refractivity contribution in [3.63, 3.8) is 0 Å². The van der Waals surface area contributed by atoms with Crippen molar-refractivity contribution in [2.75, 3.05) is 67.9 Å². The quantitative estimate of drug-likeness (QED) is 0.154. The summed E-state index contributed by atoms with van der Waals surface area (Å²) in [6, 6.07) is 16.0. The number of piperidine rings is 2. The monoisotopic (exact) mass is 755 g/mol. The minimum absolute atomic E-state index is 0.172. The highest BCUT2D eigenvalue weighted by molar-refractivity contribution is 7.17. The zero-order valence-electron chi connectivity index (χ0n) is 30.2. The molecule has 3 aliphatic rings. The van der Waals surface area contributed by atoms with Crippen LogP contribution in [0.5, 0.6) is 0 Å².